The van der Waals surface area contributed by atoms with Crippen molar-refractivity contribution in [2.24, 2.45) is 16.7 Å². The highest BCUT2D eigenvalue weighted by Crippen LogP contribution is 2.33. The molecule has 14 heavy (non-hydrogen) atoms. The van der Waals surface area contributed by atoms with Crippen LogP contribution in [-0.2, 0) is 0 Å². The van der Waals surface area contributed by atoms with Crippen molar-refractivity contribution >= 4 is 0 Å². The van der Waals surface area contributed by atoms with E-state index in [2.05, 4.69) is 60.8 Å². The molecule has 0 saturated carbocycles. The SMILES string of the molecule is CNC(CC(C)C(C)(C)C)C(C)(C)C. The van der Waals surface area contributed by atoms with E-state index in [1.807, 2.05) is 0 Å². The van der Waals surface area contributed by atoms with Gasteiger partial charge in [0.1, 0.15) is 0 Å². The van der Waals surface area contributed by atoms with Gasteiger partial charge in [-0.05, 0) is 30.2 Å². The first-order valence-corrected chi connectivity index (χ1v) is 5.76. The predicted molar refractivity (Wildman–Crippen MR) is 65.5 cm³/mol. The molecule has 0 fully saturated rings. The molecule has 0 aliphatic rings. The maximum absolute atomic E-state index is 3.44. The molecular weight excluding hydrogens is 170 g/mol. The van der Waals surface area contributed by atoms with Crippen LogP contribution in [0, 0.1) is 16.7 Å². The molecule has 0 spiro atoms. The van der Waals surface area contributed by atoms with Crippen molar-refractivity contribution in [2.75, 3.05) is 7.05 Å². The zero-order valence-electron chi connectivity index (χ0n) is 11.4. The first-order chi connectivity index (χ1) is 6.09. The minimum Gasteiger partial charge on any atom is -0.316 e. The van der Waals surface area contributed by atoms with Crippen LogP contribution in [0.4, 0.5) is 0 Å². The number of hydrogen-bond donors (Lipinski definition) is 1. The Kier molecular flexibility index (Phi) is 4.64. The summed E-state index contributed by atoms with van der Waals surface area (Å²) in [5, 5.41) is 3.44. The van der Waals surface area contributed by atoms with Crippen molar-refractivity contribution < 1.29 is 0 Å². The van der Waals surface area contributed by atoms with E-state index in [0.717, 1.165) is 5.92 Å². The second-order valence-electron chi connectivity index (χ2n) is 6.71. The maximum atomic E-state index is 3.44. The van der Waals surface area contributed by atoms with Crippen molar-refractivity contribution in [3.05, 3.63) is 0 Å². The van der Waals surface area contributed by atoms with Crippen molar-refractivity contribution in [3.8, 4) is 0 Å². The van der Waals surface area contributed by atoms with E-state index in [9.17, 15) is 0 Å². The van der Waals surface area contributed by atoms with Crippen molar-refractivity contribution in [1.82, 2.24) is 5.32 Å². The van der Waals surface area contributed by atoms with Gasteiger partial charge in [-0.1, -0.05) is 48.5 Å². The Morgan fingerprint density at radius 1 is 0.929 bits per heavy atom. The molecule has 0 heterocycles. The fourth-order valence-corrected chi connectivity index (χ4v) is 1.61. The Hall–Kier alpha value is -0.0400. The van der Waals surface area contributed by atoms with Gasteiger partial charge in [-0.3, -0.25) is 0 Å². The lowest BCUT2D eigenvalue weighted by Gasteiger charge is -2.36. The normalized spacial score (nSPS) is 18.0. The lowest BCUT2D eigenvalue weighted by Crippen LogP contribution is -2.40. The van der Waals surface area contributed by atoms with Gasteiger partial charge in [0.05, 0.1) is 0 Å². The van der Waals surface area contributed by atoms with Gasteiger partial charge in [-0.15, -0.1) is 0 Å². The van der Waals surface area contributed by atoms with Crippen LogP contribution in [0.25, 0.3) is 0 Å². The van der Waals surface area contributed by atoms with Crippen LogP contribution in [0.5, 0.6) is 0 Å². The summed E-state index contributed by atoms with van der Waals surface area (Å²) in [6, 6.07) is 0.608. The van der Waals surface area contributed by atoms with Gasteiger partial charge in [-0.25, -0.2) is 0 Å². The third kappa shape index (κ3) is 4.45. The second kappa shape index (κ2) is 4.65. The van der Waals surface area contributed by atoms with Crippen LogP contribution in [0.1, 0.15) is 54.9 Å². The minimum atomic E-state index is 0.355. The summed E-state index contributed by atoms with van der Waals surface area (Å²) >= 11 is 0. The highest BCUT2D eigenvalue weighted by molar-refractivity contribution is 4.83. The molecule has 0 aliphatic carbocycles. The zero-order valence-corrected chi connectivity index (χ0v) is 11.4. The van der Waals surface area contributed by atoms with Crippen molar-refractivity contribution in [2.45, 2.75) is 60.9 Å². The highest BCUT2D eigenvalue weighted by Gasteiger charge is 2.29. The van der Waals surface area contributed by atoms with Crippen molar-refractivity contribution in [3.63, 3.8) is 0 Å². The topological polar surface area (TPSA) is 12.0 Å². The molecule has 1 nitrogen and oxygen atoms in total. The molecule has 0 aromatic heterocycles. The maximum Gasteiger partial charge on any atom is 0.0115 e. The average Bonchev–Trinajstić information content (AvgIpc) is 1.95. The Bertz CT molecular complexity index is 159. The summed E-state index contributed by atoms with van der Waals surface area (Å²) in [7, 11) is 2.07. The van der Waals surface area contributed by atoms with Crippen molar-refractivity contribution in [1.29, 1.82) is 0 Å². The van der Waals surface area contributed by atoms with E-state index < -0.39 is 0 Å². The lowest BCUT2D eigenvalue weighted by atomic mass is 9.73. The third-order valence-corrected chi connectivity index (χ3v) is 3.46. The van der Waals surface area contributed by atoms with Gasteiger partial charge in [0.15, 0.2) is 0 Å². The predicted octanol–water partition coefficient (Wildman–Crippen LogP) is 3.69. The van der Waals surface area contributed by atoms with Gasteiger partial charge in [0, 0.05) is 6.04 Å². The van der Waals surface area contributed by atoms with E-state index in [1.54, 1.807) is 0 Å². The first-order valence-electron chi connectivity index (χ1n) is 5.76. The summed E-state index contributed by atoms with van der Waals surface area (Å²) in [4.78, 5) is 0. The van der Waals surface area contributed by atoms with Crippen LogP contribution in [0.2, 0.25) is 0 Å². The van der Waals surface area contributed by atoms with Crippen LogP contribution in [-0.4, -0.2) is 13.1 Å². The second-order valence-corrected chi connectivity index (χ2v) is 6.71. The smallest absolute Gasteiger partial charge is 0.0115 e. The van der Waals surface area contributed by atoms with Gasteiger partial charge in [-0.2, -0.15) is 0 Å². The number of nitrogens with one attached hydrogen (secondary N) is 1. The monoisotopic (exact) mass is 199 g/mol. The fraction of sp³-hybridized carbons (Fsp3) is 1.00. The van der Waals surface area contributed by atoms with E-state index in [0.29, 0.717) is 16.9 Å². The van der Waals surface area contributed by atoms with Crippen LogP contribution in [0.3, 0.4) is 0 Å². The molecule has 2 atom stereocenters. The van der Waals surface area contributed by atoms with Crippen LogP contribution < -0.4 is 5.32 Å². The Morgan fingerprint density at radius 3 is 1.57 bits per heavy atom. The quantitative estimate of drug-likeness (QED) is 0.731. The molecule has 0 aromatic rings. The number of hydrogen-bond acceptors (Lipinski definition) is 1. The van der Waals surface area contributed by atoms with E-state index in [-0.39, 0.29) is 0 Å². The largest absolute Gasteiger partial charge is 0.316 e. The molecular formula is C13H29N. The van der Waals surface area contributed by atoms with Gasteiger partial charge >= 0.3 is 0 Å². The molecule has 0 rings (SSSR count). The van der Waals surface area contributed by atoms with Gasteiger partial charge in [0.25, 0.3) is 0 Å². The molecule has 0 aliphatic heterocycles. The summed E-state index contributed by atoms with van der Waals surface area (Å²) < 4.78 is 0. The zero-order chi connectivity index (χ0) is 11.6. The molecule has 86 valence electrons. The molecule has 0 bridgehead atoms. The summed E-state index contributed by atoms with van der Waals surface area (Å²) in [5.74, 6) is 0.749. The summed E-state index contributed by atoms with van der Waals surface area (Å²) in [5.41, 5.74) is 0.772. The minimum absolute atomic E-state index is 0.355. The Balaban J connectivity index is 4.34. The van der Waals surface area contributed by atoms with Crippen LogP contribution >= 0.6 is 0 Å². The first kappa shape index (κ1) is 14.0. The molecule has 0 amide bonds. The highest BCUT2D eigenvalue weighted by atomic mass is 14.9. The van der Waals surface area contributed by atoms with Crippen LogP contribution in [0.15, 0.2) is 0 Å². The Morgan fingerprint density at radius 2 is 1.36 bits per heavy atom. The average molecular weight is 199 g/mol. The standard InChI is InChI=1S/C13H29N/c1-10(12(2,3)4)9-11(14-8)13(5,6)7/h10-11,14H,9H2,1-8H3. The lowest BCUT2D eigenvalue weighted by molar-refractivity contribution is 0.173. The molecule has 0 saturated heterocycles. The summed E-state index contributed by atoms with van der Waals surface area (Å²) in [6.07, 6.45) is 1.25. The molecule has 2 unspecified atom stereocenters. The summed E-state index contributed by atoms with van der Waals surface area (Å²) in [6.45, 7) is 16.3. The molecule has 0 aromatic carbocycles. The molecule has 0 radical (unpaired) electrons. The van der Waals surface area contributed by atoms with E-state index >= 15 is 0 Å². The van der Waals surface area contributed by atoms with Gasteiger partial charge in [0.2, 0.25) is 0 Å². The van der Waals surface area contributed by atoms with E-state index in [1.165, 1.54) is 6.42 Å². The molecule has 1 heteroatoms. The molecule has 1 N–H and O–H groups in total. The van der Waals surface area contributed by atoms with E-state index in [4.69, 9.17) is 0 Å². The third-order valence-electron chi connectivity index (χ3n) is 3.46. The fourth-order valence-electron chi connectivity index (χ4n) is 1.61. The number of rotatable bonds is 3. The van der Waals surface area contributed by atoms with Gasteiger partial charge < -0.3 is 5.32 Å². The Labute approximate surface area is 90.7 Å².